The van der Waals surface area contributed by atoms with Gasteiger partial charge in [-0.2, -0.15) is 4.72 Å². The highest BCUT2D eigenvalue weighted by Gasteiger charge is 2.37. The Morgan fingerprint density at radius 1 is 1.07 bits per heavy atom. The summed E-state index contributed by atoms with van der Waals surface area (Å²) < 4.78 is 32.5. The van der Waals surface area contributed by atoms with Gasteiger partial charge < -0.3 is 4.74 Å². The molecule has 0 fully saturated rings. The van der Waals surface area contributed by atoms with Gasteiger partial charge in [-0.25, -0.2) is 8.42 Å². The average molecular weight is 479 g/mol. The quantitative estimate of drug-likeness (QED) is 0.352. The molecule has 1 N–H and O–H groups in total. The van der Waals surface area contributed by atoms with Crippen LogP contribution < -0.4 is 4.72 Å². The summed E-state index contributed by atoms with van der Waals surface area (Å²) in [6, 6.07) is 8.38. The fraction of sp³-hybridized carbons (Fsp3) is 0.263. The summed E-state index contributed by atoms with van der Waals surface area (Å²) in [5.41, 5.74) is 0.930. The average Bonchev–Trinajstić information content (AvgIpc) is 2.67. The van der Waals surface area contributed by atoms with E-state index in [9.17, 15) is 18.0 Å². The van der Waals surface area contributed by atoms with E-state index in [2.05, 4.69) is 4.72 Å². The Hall–Kier alpha value is -1.64. The van der Waals surface area contributed by atoms with E-state index in [0.717, 1.165) is 5.56 Å². The monoisotopic (exact) mass is 477 g/mol. The van der Waals surface area contributed by atoms with Gasteiger partial charge in [0.15, 0.2) is 5.78 Å². The van der Waals surface area contributed by atoms with Gasteiger partial charge in [0.05, 0.1) is 21.5 Å². The Kier molecular flexibility index (Phi) is 8.08. The first-order valence-corrected chi connectivity index (χ1v) is 11.1. The van der Waals surface area contributed by atoms with Crippen molar-refractivity contribution in [3.8, 4) is 0 Å². The zero-order valence-corrected chi connectivity index (χ0v) is 18.6. The van der Waals surface area contributed by atoms with Gasteiger partial charge in [0.25, 0.3) is 0 Å². The molecule has 0 saturated carbocycles. The third-order valence-electron chi connectivity index (χ3n) is 3.90. The summed E-state index contributed by atoms with van der Waals surface area (Å²) in [4.78, 5) is 25.0. The molecule has 0 amide bonds. The largest absolute Gasteiger partial charge is 0.465 e. The molecule has 156 valence electrons. The maximum Gasteiger partial charge on any atom is 0.326 e. The standard InChI is InChI=1S/C19H18Cl3NO5S/c1-3-28-19(25)17(23-29(26,27)13-7-4-11(2)5-8-13)16(22)18(24)12-6-9-14(20)15(21)10-12/h4-10,16-17,23H,3H2,1-2H3/t16-,17+/m1/s1. The molecular formula is C19H18Cl3NO5S. The zero-order chi connectivity index (χ0) is 21.8. The molecule has 6 nitrogen and oxygen atoms in total. The van der Waals surface area contributed by atoms with Crippen LogP contribution in [0.25, 0.3) is 0 Å². The van der Waals surface area contributed by atoms with Crippen molar-refractivity contribution in [2.24, 2.45) is 0 Å². The van der Waals surface area contributed by atoms with Gasteiger partial charge in [-0.1, -0.05) is 40.9 Å². The molecule has 2 rings (SSSR count). The molecule has 0 aliphatic heterocycles. The Balaban J connectivity index is 2.36. The van der Waals surface area contributed by atoms with Crippen molar-refractivity contribution in [1.82, 2.24) is 4.72 Å². The lowest BCUT2D eigenvalue weighted by atomic mass is 10.0. The SMILES string of the molecule is CCOC(=O)[C@@H](NS(=O)(=O)c1ccc(C)cc1)[C@@H](Cl)C(=O)c1ccc(Cl)c(Cl)c1. The first-order chi connectivity index (χ1) is 13.6. The van der Waals surface area contributed by atoms with E-state index in [0.29, 0.717) is 0 Å². The number of esters is 1. The summed E-state index contributed by atoms with van der Waals surface area (Å²) in [5, 5.41) is -1.22. The number of sulfonamides is 1. The minimum atomic E-state index is -4.15. The number of nitrogens with one attached hydrogen (secondary N) is 1. The predicted octanol–water partition coefficient (Wildman–Crippen LogP) is 4.00. The highest BCUT2D eigenvalue weighted by Crippen LogP contribution is 2.25. The number of ether oxygens (including phenoxy) is 1. The highest BCUT2D eigenvalue weighted by atomic mass is 35.5. The molecule has 0 radical (unpaired) electrons. The van der Waals surface area contributed by atoms with Crippen molar-refractivity contribution in [2.75, 3.05) is 6.61 Å². The molecule has 0 aliphatic carbocycles. The molecule has 2 aromatic rings. The minimum absolute atomic E-state index is 0.0217. The molecule has 0 bridgehead atoms. The van der Waals surface area contributed by atoms with Crippen LogP contribution in [0.15, 0.2) is 47.4 Å². The number of hydrogen-bond acceptors (Lipinski definition) is 5. The molecule has 0 aromatic heterocycles. The number of alkyl halides is 1. The van der Waals surface area contributed by atoms with Crippen LogP contribution in [0.3, 0.4) is 0 Å². The van der Waals surface area contributed by atoms with Gasteiger partial charge in [0.2, 0.25) is 10.0 Å². The molecule has 29 heavy (non-hydrogen) atoms. The van der Waals surface area contributed by atoms with Crippen LogP contribution in [-0.2, 0) is 19.6 Å². The first-order valence-electron chi connectivity index (χ1n) is 8.45. The Morgan fingerprint density at radius 2 is 1.69 bits per heavy atom. The van der Waals surface area contributed by atoms with Crippen molar-refractivity contribution in [3.63, 3.8) is 0 Å². The number of aryl methyl sites for hydroxylation is 1. The van der Waals surface area contributed by atoms with E-state index in [1.165, 1.54) is 30.3 Å². The van der Waals surface area contributed by atoms with E-state index in [1.54, 1.807) is 26.0 Å². The van der Waals surface area contributed by atoms with Gasteiger partial charge in [-0.05, 0) is 44.2 Å². The summed E-state index contributed by atoms with van der Waals surface area (Å²) in [6.07, 6.45) is 0. The number of rotatable bonds is 8. The van der Waals surface area contributed by atoms with E-state index >= 15 is 0 Å². The summed E-state index contributed by atoms with van der Waals surface area (Å²) >= 11 is 18.0. The summed E-state index contributed by atoms with van der Waals surface area (Å²) in [7, 11) is -4.15. The van der Waals surface area contributed by atoms with Gasteiger partial charge >= 0.3 is 5.97 Å². The first kappa shape index (κ1) is 23.6. The third-order valence-corrected chi connectivity index (χ3v) is 6.55. The second kappa shape index (κ2) is 9.91. The maximum absolute atomic E-state index is 12.7. The molecule has 0 heterocycles. The van der Waals surface area contributed by atoms with Crippen LogP contribution in [-0.4, -0.2) is 38.2 Å². The van der Waals surface area contributed by atoms with Crippen molar-refractivity contribution in [3.05, 3.63) is 63.6 Å². The number of halogens is 3. The van der Waals surface area contributed by atoms with Crippen LogP contribution >= 0.6 is 34.8 Å². The molecule has 0 spiro atoms. The van der Waals surface area contributed by atoms with E-state index in [-0.39, 0.29) is 27.1 Å². The molecule has 0 unspecified atom stereocenters. The lowest BCUT2D eigenvalue weighted by Gasteiger charge is -2.21. The van der Waals surface area contributed by atoms with Crippen molar-refractivity contribution < 1.29 is 22.7 Å². The number of carbonyl (C=O) groups excluding carboxylic acids is 2. The number of carbonyl (C=O) groups is 2. The second-order valence-electron chi connectivity index (χ2n) is 6.06. The second-order valence-corrected chi connectivity index (χ2v) is 9.06. The van der Waals surface area contributed by atoms with Crippen LogP contribution in [0.5, 0.6) is 0 Å². The van der Waals surface area contributed by atoms with Crippen LogP contribution in [0.4, 0.5) is 0 Å². The maximum atomic E-state index is 12.7. The molecule has 2 aromatic carbocycles. The predicted molar refractivity (Wildman–Crippen MR) is 112 cm³/mol. The van der Waals surface area contributed by atoms with Gasteiger partial charge in [-0.3, -0.25) is 9.59 Å². The normalized spacial score (nSPS) is 13.6. The van der Waals surface area contributed by atoms with Crippen molar-refractivity contribution in [2.45, 2.75) is 30.2 Å². The highest BCUT2D eigenvalue weighted by molar-refractivity contribution is 7.89. The van der Waals surface area contributed by atoms with Gasteiger partial charge in [-0.15, -0.1) is 11.6 Å². The lowest BCUT2D eigenvalue weighted by Crippen LogP contribution is -2.50. The number of Topliss-reactive ketones (excluding diaryl/α,β-unsaturated/α-hetero) is 1. The molecule has 0 saturated heterocycles. The molecule has 10 heteroatoms. The summed E-state index contributed by atoms with van der Waals surface area (Å²) in [6.45, 7) is 3.33. The zero-order valence-electron chi connectivity index (χ0n) is 15.5. The fourth-order valence-electron chi connectivity index (χ4n) is 2.37. The van der Waals surface area contributed by atoms with Crippen molar-refractivity contribution >= 4 is 56.6 Å². The van der Waals surface area contributed by atoms with Gasteiger partial charge in [0.1, 0.15) is 11.4 Å². The molecule has 2 atom stereocenters. The fourth-order valence-corrected chi connectivity index (χ4v) is 4.23. The van der Waals surface area contributed by atoms with Gasteiger partial charge in [0, 0.05) is 5.56 Å². The number of hydrogen-bond donors (Lipinski definition) is 1. The lowest BCUT2D eigenvalue weighted by molar-refractivity contribution is -0.144. The Bertz CT molecular complexity index is 1010. The third kappa shape index (κ3) is 5.93. The smallest absolute Gasteiger partial charge is 0.326 e. The number of benzene rings is 2. The van der Waals surface area contributed by atoms with Crippen molar-refractivity contribution in [1.29, 1.82) is 0 Å². The summed E-state index contributed by atoms with van der Waals surface area (Å²) in [5.74, 6) is -1.69. The Morgan fingerprint density at radius 3 is 2.24 bits per heavy atom. The van der Waals surface area contributed by atoms with E-state index in [1.807, 2.05) is 0 Å². The van der Waals surface area contributed by atoms with Crippen LogP contribution in [0, 0.1) is 6.92 Å². The topological polar surface area (TPSA) is 89.5 Å². The molecular weight excluding hydrogens is 461 g/mol. The van der Waals surface area contributed by atoms with Crippen LogP contribution in [0.2, 0.25) is 10.0 Å². The van der Waals surface area contributed by atoms with Crippen LogP contribution in [0.1, 0.15) is 22.8 Å². The van der Waals surface area contributed by atoms with E-state index in [4.69, 9.17) is 39.5 Å². The minimum Gasteiger partial charge on any atom is -0.465 e. The Labute approximate surface area is 184 Å². The van der Waals surface area contributed by atoms with E-state index < -0.39 is 33.2 Å². The molecule has 0 aliphatic rings. The number of ketones is 1.